The van der Waals surface area contributed by atoms with Crippen LogP contribution in [-0.4, -0.2) is 27.4 Å². The lowest BCUT2D eigenvalue weighted by Gasteiger charge is -2.15. The van der Waals surface area contributed by atoms with Crippen LogP contribution in [-0.2, 0) is 4.74 Å². The van der Waals surface area contributed by atoms with Gasteiger partial charge in [0.05, 0.1) is 12.7 Å². The lowest BCUT2D eigenvalue weighted by Crippen LogP contribution is -2.27. The Morgan fingerprint density at radius 1 is 1.25 bits per heavy atom. The Bertz CT molecular complexity index is 639. The third-order valence-corrected chi connectivity index (χ3v) is 3.52. The zero-order valence-corrected chi connectivity index (χ0v) is 11.0. The van der Waals surface area contributed by atoms with Crippen molar-refractivity contribution in [2.75, 3.05) is 6.61 Å². The second-order valence-electron chi connectivity index (χ2n) is 4.87. The summed E-state index contributed by atoms with van der Waals surface area (Å²) in [5.41, 5.74) is 1.56. The van der Waals surface area contributed by atoms with E-state index in [0.717, 1.165) is 17.5 Å². The first-order valence-electron chi connectivity index (χ1n) is 6.68. The number of benzene rings is 1. The number of aliphatic hydroxyl groups is 1. The van der Waals surface area contributed by atoms with Gasteiger partial charge in [0.1, 0.15) is 6.23 Å². The molecule has 0 spiro atoms. The Kier molecular flexibility index (Phi) is 3.62. The van der Waals surface area contributed by atoms with Gasteiger partial charge in [0.25, 0.3) is 0 Å². The molecule has 0 bridgehead atoms. The molecule has 0 amide bonds. The lowest BCUT2D eigenvalue weighted by molar-refractivity contribution is -0.0245. The molecule has 20 heavy (non-hydrogen) atoms. The largest absolute Gasteiger partial charge is 0.394 e. The van der Waals surface area contributed by atoms with Gasteiger partial charge in [-0.2, -0.15) is 0 Å². The fourth-order valence-electron chi connectivity index (χ4n) is 2.44. The third kappa shape index (κ3) is 2.50. The van der Waals surface area contributed by atoms with Gasteiger partial charge in [-0.1, -0.05) is 30.3 Å². The first-order chi connectivity index (χ1) is 9.78. The topological polar surface area (TPSA) is 64.4 Å². The number of aromatic nitrogens is 2. The summed E-state index contributed by atoms with van der Waals surface area (Å²) < 4.78 is 7.15. The molecule has 1 aromatic carbocycles. The second kappa shape index (κ2) is 5.56. The summed E-state index contributed by atoms with van der Waals surface area (Å²) in [6, 6.07) is 9.77. The van der Waals surface area contributed by atoms with E-state index in [4.69, 9.17) is 9.84 Å². The maximum atomic E-state index is 11.9. The molecule has 2 aromatic rings. The molecule has 1 saturated heterocycles. The van der Waals surface area contributed by atoms with E-state index in [1.54, 1.807) is 12.4 Å². The number of aliphatic hydroxyl groups excluding tert-OH is 1. The highest BCUT2D eigenvalue weighted by Gasteiger charge is 2.26. The van der Waals surface area contributed by atoms with Crippen molar-refractivity contribution >= 4 is 0 Å². The summed E-state index contributed by atoms with van der Waals surface area (Å²) in [6.45, 7) is -0.0168. The Hall–Kier alpha value is -1.98. The minimum Gasteiger partial charge on any atom is -0.394 e. The van der Waals surface area contributed by atoms with E-state index in [9.17, 15) is 4.79 Å². The van der Waals surface area contributed by atoms with Gasteiger partial charge < -0.3 is 9.84 Å². The van der Waals surface area contributed by atoms with E-state index >= 15 is 0 Å². The Balaban J connectivity index is 1.94. The van der Waals surface area contributed by atoms with Gasteiger partial charge in [0.15, 0.2) is 0 Å². The maximum absolute atomic E-state index is 11.9. The summed E-state index contributed by atoms with van der Waals surface area (Å²) in [5, 5.41) is 9.10. The summed E-state index contributed by atoms with van der Waals surface area (Å²) in [6.07, 6.45) is 4.29. The number of rotatable bonds is 3. The van der Waals surface area contributed by atoms with Crippen LogP contribution in [0, 0.1) is 0 Å². The standard InChI is InChI=1S/C15H16N2O3/c18-10-13-6-7-14(20-13)17-9-12(8-16-15(17)19)11-4-2-1-3-5-11/h1-5,8-9,13-14,18H,6-7,10H2/t13-,14-/m0/s1. The molecular weight excluding hydrogens is 256 g/mol. The molecule has 3 rings (SSSR count). The average Bonchev–Trinajstić information content (AvgIpc) is 2.97. The van der Waals surface area contributed by atoms with Crippen LogP contribution in [0.5, 0.6) is 0 Å². The van der Waals surface area contributed by atoms with E-state index in [1.165, 1.54) is 4.57 Å². The summed E-state index contributed by atoms with van der Waals surface area (Å²) in [5.74, 6) is 0. The fraction of sp³-hybridized carbons (Fsp3) is 0.333. The molecule has 104 valence electrons. The molecule has 2 heterocycles. The SMILES string of the molecule is O=c1ncc(-c2ccccc2)cn1[C@@H]1CC[C@@H](CO)O1. The smallest absolute Gasteiger partial charge is 0.349 e. The van der Waals surface area contributed by atoms with Crippen molar-refractivity contribution in [2.24, 2.45) is 0 Å². The zero-order chi connectivity index (χ0) is 13.9. The van der Waals surface area contributed by atoms with E-state index < -0.39 is 0 Å². The van der Waals surface area contributed by atoms with E-state index in [-0.39, 0.29) is 24.6 Å². The molecule has 5 nitrogen and oxygen atoms in total. The first-order valence-corrected chi connectivity index (χ1v) is 6.68. The highest BCUT2D eigenvalue weighted by molar-refractivity contribution is 5.60. The van der Waals surface area contributed by atoms with Gasteiger partial charge in [-0.25, -0.2) is 9.78 Å². The van der Waals surface area contributed by atoms with Crippen molar-refractivity contribution in [2.45, 2.75) is 25.2 Å². The minimum absolute atomic E-state index is 0.0168. The number of hydrogen-bond donors (Lipinski definition) is 1. The Morgan fingerprint density at radius 3 is 2.75 bits per heavy atom. The van der Waals surface area contributed by atoms with Crippen molar-refractivity contribution in [3.8, 4) is 11.1 Å². The lowest BCUT2D eigenvalue weighted by atomic mass is 10.1. The Labute approximate surface area is 116 Å². The summed E-state index contributed by atoms with van der Waals surface area (Å²) >= 11 is 0. The van der Waals surface area contributed by atoms with Gasteiger partial charge in [0.2, 0.25) is 0 Å². The summed E-state index contributed by atoms with van der Waals surface area (Å²) in [4.78, 5) is 15.8. The van der Waals surface area contributed by atoms with Crippen molar-refractivity contribution in [1.29, 1.82) is 0 Å². The zero-order valence-electron chi connectivity index (χ0n) is 11.0. The third-order valence-electron chi connectivity index (χ3n) is 3.52. The van der Waals surface area contributed by atoms with Gasteiger partial charge in [-0.15, -0.1) is 0 Å². The molecule has 1 aliphatic rings. The van der Waals surface area contributed by atoms with Crippen LogP contribution in [0.4, 0.5) is 0 Å². The second-order valence-corrected chi connectivity index (χ2v) is 4.87. The van der Waals surface area contributed by atoms with Crippen LogP contribution >= 0.6 is 0 Å². The van der Waals surface area contributed by atoms with E-state index in [1.807, 2.05) is 30.3 Å². The quantitative estimate of drug-likeness (QED) is 0.921. The van der Waals surface area contributed by atoms with Gasteiger partial charge in [0, 0.05) is 18.0 Å². The van der Waals surface area contributed by atoms with Crippen molar-refractivity contribution in [3.05, 3.63) is 53.2 Å². The molecule has 2 atom stereocenters. The molecule has 1 fully saturated rings. The highest BCUT2D eigenvalue weighted by Crippen LogP contribution is 2.27. The molecule has 1 aromatic heterocycles. The van der Waals surface area contributed by atoms with Gasteiger partial charge in [-0.05, 0) is 18.4 Å². The monoisotopic (exact) mass is 272 g/mol. The predicted octanol–water partition coefficient (Wildman–Crippen LogP) is 1.58. The number of nitrogens with zero attached hydrogens (tertiary/aromatic N) is 2. The molecule has 0 radical (unpaired) electrons. The van der Waals surface area contributed by atoms with Crippen LogP contribution in [0.1, 0.15) is 19.1 Å². The van der Waals surface area contributed by atoms with Crippen molar-refractivity contribution < 1.29 is 9.84 Å². The molecule has 1 N–H and O–H groups in total. The fourth-order valence-corrected chi connectivity index (χ4v) is 2.44. The molecule has 1 aliphatic heterocycles. The van der Waals surface area contributed by atoms with E-state index in [0.29, 0.717) is 6.42 Å². The normalized spacial score (nSPS) is 22.1. The number of ether oxygens (including phenoxy) is 1. The Morgan fingerprint density at radius 2 is 2.05 bits per heavy atom. The molecule has 0 aliphatic carbocycles. The molecular formula is C15H16N2O3. The van der Waals surface area contributed by atoms with Crippen molar-refractivity contribution in [3.63, 3.8) is 0 Å². The molecule has 0 saturated carbocycles. The van der Waals surface area contributed by atoms with Crippen molar-refractivity contribution in [1.82, 2.24) is 9.55 Å². The van der Waals surface area contributed by atoms with Crippen LogP contribution in [0.2, 0.25) is 0 Å². The first kappa shape index (κ1) is 13.0. The number of hydrogen-bond acceptors (Lipinski definition) is 4. The highest BCUT2D eigenvalue weighted by atomic mass is 16.5. The van der Waals surface area contributed by atoms with Gasteiger partial charge in [-0.3, -0.25) is 4.57 Å². The molecule has 0 unspecified atom stereocenters. The maximum Gasteiger partial charge on any atom is 0.349 e. The van der Waals surface area contributed by atoms with Crippen LogP contribution < -0.4 is 5.69 Å². The van der Waals surface area contributed by atoms with Crippen LogP contribution in [0.25, 0.3) is 11.1 Å². The molecule has 5 heteroatoms. The minimum atomic E-state index is -0.337. The van der Waals surface area contributed by atoms with Gasteiger partial charge >= 0.3 is 5.69 Å². The van der Waals surface area contributed by atoms with Crippen LogP contribution in [0.3, 0.4) is 0 Å². The predicted molar refractivity (Wildman–Crippen MR) is 74.2 cm³/mol. The van der Waals surface area contributed by atoms with E-state index in [2.05, 4.69) is 4.98 Å². The van der Waals surface area contributed by atoms with Crippen LogP contribution in [0.15, 0.2) is 47.5 Å². The summed E-state index contributed by atoms with van der Waals surface area (Å²) in [7, 11) is 0. The average molecular weight is 272 g/mol.